The lowest BCUT2D eigenvalue weighted by molar-refractivity contribution is 0.339. The van der Waals surface area contributed by atoms with E-state index in [2.05, 4.69) is 10.4 Å². The molecule has 0 atom stereocenters. The van der Waals surface area contributed by atoms with E-state index in [1.54, 1.807) is 0 Å². The third-order valence-electron chi connectivity index (χ3n) is 1.27. The zero-order valence-electron chi connectivity index (χ0n) is 5.31. The standard InChI is InChI=1S/C5H11N3/c1-6-5-3-4-8(2)7-5/h3-4H2,1-2H3,(H,6,7). The van der Waals surface area contributed by atoms with E-state index in [-0.39, 0.29) is 0 Å². The number of nitrogens with one attached hydrogen (secondary N) is 1. The summed E-state index contributed by atoms with van der Waals surface area (Å²) in [5.41, 5.74) is 3.09. The van der Waals surface area contributed by atoms with E-state index < -0.39 is 0 Å². The lowest BCUT2D eigenvalue weighted by Crippen LogP contribution is -2.28. The van der Waals surface area contributed by atoms with Gasteiger partial charge in [0.05, 0.1) is 0 Å². The Balaban J connectivity index is 2.44. The Morgan fingerprint density at radius 2 is 2.50 bits per heavy atom. The fourth-order valence-corrected chi connectivity index (χ4v) is 0.768. The molecule has 1 aliphatic rings. The van der Waals surface area contributed by atoms with Crippen molar-refractivity contribution in [3.05, 3.63) is 0 Å². The zero-order chi connectivity index (χ0) is 5.98. The third kappa shape index (κ3) is 0.980. The van der Waals surface area contributed by atoms with E-state index in [1.165, 1.54) is 0 Å². The van der Waals surface area contributed by atoms with Crippen molar-refractivity contribution in [3.63, 3.8) is 0 Å². The number of hydrogen-bond donors (Lipinski definition) is 1. The van der Waals surface area contributed by atoms with Gasteiger partial charge in [-0.2, -0.15) is 0 Å². The molecule has 0 saturated carbocycles. The summed E-state index contributed by atoms with van der Waals surface area (Å²) in [7, 11) is 3.82. The monoisotopic (exact) mass is 113 g/mol. The Labute approximate surface area is 49.4 Å². The van der Waals surface area contributed by atoms with Gasteiger partial charge < -0.3 is 5.43 Å². The second-order valence-corrected chi connectivity index (χ2v) is 1.95. The van der Waals surface area contributed by atoms with Crippen LogP contribution in [0, 0.1) is 0 Å². The Bertz CT molecular complexity index is 108. The molecule has 0 bridgehead atoms. The molecule has 1 fully saturated rings. The first-order valence-corrected chi connectivity index (χ1v) is 2.76. The summed E-state index contributed by atoms with van der Waals surface area (Å²) < 4.78 is 0. The van der Waals surface area contributed by atoms with E-state index in [0.717, 1.165) is 18.8 Å². The SMILES string of the molecule is C/N=C1\CCN(C)N1. The maximum absolute atomic E-state index is 4.00. The molecule has 0 aromatic rings. The largest absolute Gasteiger partial charge is 0.307 e. The summed E-state index contributed by atoms with van der Waals surface area (Å²) in [5.74, 6) is 1.09. The van der Waals surface area contributed by atoms with Gasteiger partial charge in [0.2, 0.25) is 0 Å². The van der Waals surface area contributed by atoms with Crippen molar-refractivity contribution in [3.8, 4) is 0 Å². The van der Waals surface area contributed by atoms with Crippen molar-refractivity contribution in [2.45, 2.75) is 6.42 Å². The number of amidine groups is 1. The van der Waals surface area contributed by atoms with Crippen molar-refractivity contribution >= 4 is 5.84 Å². The summed E-state index contributed by atoms with van der Waals surface area (Å²) in [6.07, 6.45) is 1.06. The quantitative estimate of drug-likeness (QED) is 0.473. The van der Waals surface area contributed by atoms with Gasteiger partial charge in [-0.15, -0.1) is 0 Å². The van der Waals surface area contributed by atoms with Gasteiger partial charge >= 0.3 is 0 Å². The highest BCUT2D eigenvalue weighted by Gasteiger charge is 2.09. The van der Waals surface area contributed by atoms with Crippen molar-refractivity contribution in [2.24, 2.45) is 4.99 Å². The summed E-state index contributed by atoms with van der Waals surface area (Å²) in [4.78, 5) is 4.00. The molecule has 1 heterocycles. The van der Waals surface area contributed by atoms with Crippen molar-refractivity contribution in [1.29, 1.82) is 0 Å². The van der Waals surface area contributed by atoms with E-state index in [4.69, 9.17) is 0 Å². The van der Waals surface area contributed by atoms with Crippen LogP contribution in [0.25, 0.3) is 0 Å². The first kappa shape index (κ1) is 5.56. The molecule has 0 aromatic heterocycles. The van der Waals surface area contributed by atoms with Crippen LogP contribution in [0.1, 0.15) is 6.42 Å². The lowest BCUT2D eigenvalue weighted by atomic mass is 10.4. The average Bonchev–Trinajstić information content (AvgIpc) is 2.14. The smallest absolute Gasteiger partial charge is 0.112 e. The summed E-state index contributed by atoms with van der Waals surface area (Å²) in [6, 6.07) is 0. The molecular weight excluding hydrogens is 102 g/mol. The van der Waals surface area contributed by atoms with Gasteiger partial charge in [-0.05, 0) is 0 Å². The predicted molar refractivity (Wildman–Crippen MR) is 33.7 cm³/mol. The molecule has 3 heteroatoms. The van der Waals surface area contributed by atoms with Crippen molar-refractivity contribution < 1.29 is 0 Å². The van der Waals surface area contributed by atoms with Gasteiger partial charge in [-0.3, -0.25) is 4.99 Å². The minimum absolute atomic E-state index is 1.06. The molecule has 0 amide bonds. The van der Waals surface area contributed by atoms with Crippen LogP contribution in [0.15, 0.2) is 4.99 Å². The van der Waals surface area contributed by atoms with Crippen LogP contribution in [-0.2, 0) is 0 Å². The second kappa shape index (κ2) is 2.13. The van der Waals surface area contributed by atoms with Gasteiger partial charge in [-0.25, -0.2) is 5.01 Å². The van der Waals surface area contributed by atoms with E-state index in [9.17, 15) is 0 Å². The highest BCUT2D eigenvalue weighted by molar-refractivity contribution is 5.83. The highest BCUT2D eigenvalue weighted by atomic mass is 15.5. The minimum atomic E-state index is 1.06. The van der Waals surface area contributed by atoms with Crippen LogP contribution in [-0.4, -0.2) is 31.5 Å². The Morgan fingerprint density at radius 1 is 1.75 bits per heavy atom. The molecule has 1 aliphatic heterocycles. The number of aliphatic imine (C=N–C) groups is 1. The first-order valence-electron chi connectivity index (χ1n) is 2.76. The first-order chi connectivity index (χ1) is 3.83. The Kier molecular flexibility index (Phi) is 1.48. The number of nitrogens with zero attached hydrogens (tertiary/aromatic N) is 2. The van der Waals surface area contributed by atoms with Crippen molar-refractivity contribution in [2.75, 3.05) is 20.6 Å². The van der Waals surface area contributed by atoms with Crippen LogP contribution in [0.2, 0.25) is 0 Å². The molecule has 0 radical (unpaired) electrons. The lowest BCUT2D eigenvalue weighted by Gasteiger charge is -2.05. The zero-order valence-corrected chi connectivity index (χ0v) is 5.31. The fraction of sp³-hybridized carbons (Fsp3) is 0.800. The molecule has 1 saturated heterocycles. The summed E-state index contributed by atoms with van der Waals surface area (Å²) in [5, 5.41) is 2.03. The second-order valence-electron chi connectivity index (χ2n) is 1.95. The van der Waals surface area contributed by atoms with E-state index in [1.807, 2.05) is 19.1 Å². The van der Waals surface area contributed by atoms with Crippen LogP contribution in [0.3, 0.4) is 0 Å². The maximum atomic E-state index is 4.00. The van der Waals surface area contributed by atoms with Crippen molar-refractivity contribution in [1.82, 2.24) is 10.4 Å². The molecule has 1 N–H and O–H groups in total. The molecule has 0 aliphatic carbocycles. The normalized spacial score (nSPS) is 26.5. The molecule has 0 unspecified atom stereocenters. The van der Waals surface area contributed by atoms with Crippen LogP contribution in [0.5, 0.6) is 0 Å². The Morgan fingerprint density at radius 3 is 2.75 bits per heavy atom. The Hall–Kier alpha value is -0.570. The molecule has 8 heavy (non-hydrogen) atoms. The maximum Gasteiger partial charge on any atom is 0.112 e. The van der Waals surface area contributed by atoms with Gasteiger partial charge in [-0.1, -0.05) is 0 Å². The van der Waals surface area contributed by atoms with E-state index >= 15 is 0 Å². The molecule has 0 spiro atoms. The van der Waals surface area contributed by atoms with Gasteiger partial charge in [0.15, 0.2) is 0 Å². The summed E-state index contributed by atoms with van der Waals surface area (Å²) >= 11 is 0. The number of hydrazine groups is 1. The van der Waals surface area contributed by atoms with Gasteiger partial charge in [0.25, 0.3) is 0 Å². The average molecular weight is 113 g/mol. The molecule has 0 aromatic carbocycles. The molecule has 46 valence electrons. The van der Waals surface area contributed by atoms with Crippen LogP contribution in [0.4, 0.5) is 0 Å². The van der Waals surface area contributed by atoms with Crippen LogP contribution >= 0.6 is 0 Å². The third-order valence-corrected chi connectivity index (χ3v) is 1.27. The molecule has 1 rings (SSSR count). The number of hydrogen-bond acceptors (Lipinski definition) is 2. The van der Waals surface area contributed by atoms with Gasteiger partial charge in [0, 0.05) is 27.1 Å². The molecule has 3 nitrogen and oxygen atoms in total. The fourth-order valence-electron chi connectivity index (χ4n) is 0.768. The molecular formula is C5H11N3. The summed E-state index contributed by atoms with van der Waals surface area (Å²) in [6.45, 7) is 1.08. The number of rotatable bonds is 0. The van der Waals surface area contributed by atoms with Gasteiger partial charge in [0.1, 0.15) is 5.84 Å². The minimum Gasteiger partial charge on any atom is -0.307 e. The predicted octanol–water partition coefficient (Wildman–Crippen LogP) is -0.145. The topological polar surface area (TPSA) is 27.6 Å². The highest BCUT2D eigenvalue weighted by Crippen LogP contribution is 1.94. The van der Waals surface area contributed by atoms with Crippen LogP contribution < -0.4 is 5.43 Å². The van der Waals surface area contributed by atoms with E-state index in [0.29, 0.717) is 0 Å².